The van der Waals surface area contributed by atoms with E-state index in [0.29, 0.717) is 42.9 Å². The Balaban J connectivity index is 1.41. The Morgan fingerprint density at radius 1 is 1.11 bits per heavy atom. The van der Waals surface area contributed by atoms with Gasteiger partial charge in [0.25, 0.3) is 17.1 Å². The molecule has 2 fully saturated rings. The van der Waals surface area contributed by atoms with Crippen molar-refractivity contribution in [3.05, 3.63) is 75.9 Å². The summed E-state index contributed by atoms with van der Waals surface area (Å²) >= 11 is 0.836. The van der Waals surface area contributed by atoms with Gasteiger partial charge in [-0.05, 0) is 79.9 Å². The predicted octanol–water partition coefficient (Wildman–Crippen LogP) is 4.78. The van der Waals surface area contributed by atoms with Gasteiger partial charge in [-0.25, -0.2) is 4.39 Å². The van der Waals surface area contributed by atoms with Gasteiger partial charge in [0.2, 0.25) is 5.91 Å². The molecule has 0 saturated carbocycles. The predicted molar refractivity (Wildman–Crippen MR) is 141 cm³/mol. The van der Waals surface area contributed by atoms with Crippen molar-refractivity contribution < 1.29 is 23.6 Å². The number of rotatable bonds is 7. The monoisotopic (exact) mass is 523 g/mol. The number of hydrogen-bond donors (Lipinski definition) is 0. The average Bonchev–Trinajstić information content (AvgIpc) is 3.16. The molecule has 0 N–H and O–H groups in total. The zero-order chi connectivity index (χ0) is 26.5. The maximum absolute atomic E-state index is 13.5. The number of halogens is 1. The molecule has 1 atom stereocenters. The van der Waals surface area contributed by atoms with Crippen LogP contribution < -0.4 is 0 Å². The summed E-state index contributed by atoms with van der Waals surface area (Å²) in [6.45, 7) is 6.26. The van der Waals surface area contributed by atoms with Crippen molar-refractivity contribution in [3.8, 4) is 0 Å². The normalized spacial score (nSPS) is 19.0. The number of hydrogen-bond acceptors (Lipinski definition) is 5. The molecule has 0 bridgehead atoms. The summed E-state index contributed by atoms with van der Waals surface area (Å²) in [6, 6.07) is 12.7. The largest absolute Gasteiger partial charge is 0.343 e. The summed E-state index contributed by atoms with van der Waals surface area (Å²) in [7, 11) is 0. The molecule has 0 aromatic heterocycles. The highest BCUT2D eigenvalue weighted by atomic mass is 32.2. The van der Waals surface area contributed by atoms with E-state index in [2.05, 4.69) is 0 Å². The van der Waals surface area contributed by atoms with Crippen molar-refractivity contribution in [2.75, 3.05) is 26.2 Å². The van der Waals surface area contributed by atoms with Gasteiger partial charge in [0.15, 0.2) is 0 Å². The number of likely N-dealkylation sites (tertiary alicyclic amines) is 1. The molecule has 4 amide bonds. The van der Waals surface area contributed by atoms with E-state index in [1.165, 1.54) is 18.2 Å². The van der Waals surface area contributed by atoms with Crippen molar-refractivity contribution in [1.82, 2.24) is 14.7 Å². The van der Waals surface area contributed by atoms with Gasteiger partial charge in [0.05, 0.1) is 17.4 Å². The highest BCUT2D eigenvalue weighted by Gasteiger charge is 2.35. The first kappa shape index (κ1) is 26.6. The lowest BCUT2D eigenvalue weighted by molar-refractivity contribution is -0.136. The second-order valence-electron chi connectivity index (χ2n) is 9.12. The van der Waals surface area contributed by atoms with Crippen LogP contribution in [0.4, 0.5) is 9.18 Å². The first-order valence-electron chi connectivity index (χ1n) is 12.5. The van der Waals surface area contributed by atoms with E-state index in [9.17, 15) is 23.6 Å². The molecule has 4 rings (SSSR count). The summed E-state index contributed by atoms with van der Waals surface area (Å²) in [6.07, 6.45) is 3.18. The van der Waals surface area contributed by atoms with Gasteiger partial charge in [-0.3, -0.25) is 24.1 Å². The van der Waals surface area contributed by atoms with Crippen LogP contribution in [0, 0.1) is 11.7 Å². The number of carbonyl (C=O) groups excluding carboxylic acids is 4. The topological polar surface area (TPSA) is 78.0 Å². The highest BCUT2D eigenvalue weighted by molar-refractivity contribution is 8.18. The molecule has 2 saturated heterocycles. The molecule has 2 aromatic carbocycles. The van der Waals surface area contributed by atoms with E-state index < -0.39 is 17.0 Å². The summed E-state index contributed by atoms with van der Waals surface area (Å²) in [5.74, 6) is -1.06. The van der Waals surface area contributed by atoms with Crippen LogP contribution in [0.25, 0.3) is 6.08 Å². The molecule has 37 heavy (non-hydrogen) atoms. The molecule has 0 aliphatic carbocycles. The molecule has 2 heterocycles. The number of thioether (sulfide) groups is 1. The Hall–Kier alpha value is -3.46. The molecule has 1 unspecified atom stereocenters. The van der Waals surface area contributed by atoms with E-state index in [4.69, 9.17) is 0 Å². The van der Waals surface area contributed by atoms with Crippen LogP contribution in [0.15, 0.2) is 53.4 Å². The van der Waals surface area contributed by atoms with Gasteiger partial charge in [-0.15, -0.1) is 0 Å². The van der Waals surface area contributed by atoms with Crippen LogP contribution in [0.1, 0.15) is 48.2 Å². The SMILES string of the molecule is CCN(CC)C(=O)C1CCCN(C(=O)c2ccc(/C=C3\SC(=O)N(Cc4cccc(F)c4)C3=O)cc2)C1. The molecule has 194 valence electrons. The van der Waals surface area contributed by atoms with Gasteiger partial charge in [-0.2, -0.15) is 0 Å². The Morgan fingerprint density at radius 2 is 1.84 bits per heavy atom. The molecule has 0 radical (unpaired) electrons. The first-order chi connectivity index (χ1) is 17.8. The number of amides is 4. The third-order valence-corrected chi connectivity index (χ3v) is 7.60. The number of nitrogens with zero attached hydrogens (tertiary/aromatic N) is 3. The number of benzene rings is 2. The highest BCUT2D eigenvalue weighted by Crippen LogP contribution is 2.33. The molecular formula is C28H30FN3O4S. The molecule has 9 heteroatoms. The van der Waals surface area contributed by atoms with Crippen molar-refractivity contribution in [1.29, 1.82) is 0 Å². The Bertz CT molecular complexity index is 1230. The summed E-state index contributed by atoms with van der Waals surface area (Å²) in [5, 5.41) is -0.411. The van der Waals surface area contributed by atoms with E-state index in [1.807, 2.05) is 18.7 Å². The molecule has 7 nitrogen and oxygen atoms in total. The van der Waals surface area contributed by atoms with Crippen LogP contribution in [0.2, 0.25) is 0 Å². The van der Waals surface area contributed by atoms with E-state index in [-0.39, 0.29) is 29.2 Å². The Kier molecular flexibility index (Phi) is 8.43. The minimum absolute atomic E-state index is 0.000804. The van der Waals surface area contributed by atoms with Crippen molar-refractivity contribution >= 4 is 40.8 Å². The third-order valence-electron chi connectivity index (χ3n) is 6.69. The van der Waals surface area contributed by atoms with Gasteiger partial charge in [-0.1, -0.05) is 24.3 Å². The maximum Gasteiger partial charge on any atom is 0.293 e. The summed E-state index contributed by atoms with van der Waals surface area (Å²) in [5.41, 5.74) is 1.72. The second kappa shape index (κ2) is 11.7. The maximum atomic E-state index is 13.5. The van der Waals surface area contributed by atoms with Crippen LogP contribution in [-0.4, -0.2) is 63.8 Å². The fourth-order valence-electron chi connectivity index (χ4n) is 4.67. The standard InChI is InChI=1S/C28H30FN3O4S/c1-3-30(4-2)26(34)22-8-6-14-31(18-22)25(33)21-12-10-19(11-13-21)16-24-27(35)32(28(36)37-24)17-20-7-5-9-23(29)15-20/h5,7,9-13,15-16,22H,3-4,6,8,14,17-18H2,1-2H3/b24-16-. The summed E-state index contributed by atoms with van der Waals surface area (Å²) in [4.78, 5) is 56.0. The molecule has 0 spiro atoms. The number of imide groups is 1. The number of carbonyl (C=O) groups is 4. The zero-order valence-electron chi connectivity index (χ0n) is 21.0. The molecule has 2 aliphatic rings. The lowest BCUT2D eigenvalue weighted by Gasteiger charge is -2.34. The second-order valence-corrected chi connectivity index (χ2v) is 10.1. The van der Waals surface area contributed by atoms with Gasteiger partial charge >= 0.3 is 0 Å². The summed E-state index contributed by atoms with van der Waals surface area (Å²) < 4.78 is 13.5. The van der Waals surface area contributed by atoms with Crippen LogP contribution in [0.3, 0.4) is 0 Å². The quantitative estimate of drug-likeness (QED) is 0.488. The van der Waals surface area contributed by atoms with E-state index in [1.54, 1.807) is 41.3 Å². The van der Waals surface area contributed by atoms with Crippen molar-refractivity contribution in [3.63, 3.8) is 0 Å². The Morgan fingerprint density at radius 3 is 2.51 bits per heavy atom. The number of piperidine rings is 1. The smallest absolute Gasteiger partial charge is 0.293 e. The lowest BCUT2D eigenvalue weighted by Crippen LogP contribution is -2.46. The van der Waals surface area contributed by atoms with Crippen molar-refractivity contribution in [2.24, 2.45) is 5.92 Å². The van der Waals surface area contributed by atoms with Crippen molar-refractivity contribution in [2.45, 2.75) is 33.2 Å². The van der Waals surface area contributed by atoms with Crippen LogP contribution in [-0.2, 0) is 16.1 Å². The average molecular weight is 524 g/mol. The van der Waals surface area contributed by atoms with Gasteiger partial charge in [0, 0.05) is 31.7 Å². The fraction of sp³-hybridized carbons (Fsp3) is 0.357. The lowest BCUT2D eigenvalue weighted by atomic mass is 9.95. The van der Waals surface area contributed by atoms with Crippen LogP contribution >= 0.6 is 11.8 Å². The Labute approximate surface area is 220 Å². The zero-order valence-corrected chi connectivity index (χ0v) is 21.8. The minimum Gasteiger partial charge on any atom is -0.343 e. The third kappa shape index (κ3) is 6.10. The minimum atomic E-state index is -0.434. The molecule has 2 aliphatic heterocycles. The van der Waals surface area contributed by atoms with E-state index >= 15 is 0 Å². The van der Waals surface area contributed by atoms with E-state index in [0.717, 1.165) is 29.5 Å². The fourth-order valence-corrected chi connectivity index (χ4v) is 5.51. The van der Waals surface area contributed by atoms with Gasteiger partial charge in [0.1, 0.15) is 5.82 Å². The first-order valence-corrected chi connectivity index (χ1v) is 13.3. The molecule has 2 aromatic rings. The van der Waals surface area contributed by atoms with Gasteiger partial charge < -0.3 is 9.80 Å². The molecular weight excluding hydrogens is 493 g/mol. The van der Waals surface area contributed by atoms with Crippen LogP contribution in [0.5, 0.6) is 0 Å².